The highest BCUT2D eigenvalue weighted by molar-refractivity contribution is 7.92. The largest absolute Gasteiger partial charge is 0.375 e. The Morgan fingerprint density at radius 2 is 1.65 bits per heavy atom. The van der Waals surface area contributed by atoms with E-state index >= 15 is 0 Å². The maximum Gasteiger partial charge on any atom is 0.243 e. The van der Waals surface area contributed by atoms with Gasteiger partial charge in [0.2, 0.25) is 15.9 Å². The highest BCUT2D eigenvalue weighted by Gasteiger charge is 2.05. The fourth-order valence-electron chi connectivity index (χ4n) is 1.82. The van der Waals surface area contributed by atoms with E-state index in [1.807, 2.05) is 6.07 Å². The van der Waals surface area contributed by atoms with Gasteiger partial charge in [-0.1, -0.05) is 23.7 Å². The minimum absolute atomic E-state index is 0.0626. The number of benzene rings is 2. The number of anilines is 3. The predicted molar refractivity (Wildman–Crippen MR) is 93.5 cm³/mol. The number of hydrogen-bond donors (Lipinski definition) is 3. The van der Waals surface area contributed by atoms with Crippen molar-refractivity contribution >= 4 is 44.6 Å². The summed E-state index contributed by atoms with van der Waals surface area (Å²) in [5, 5.41) is 6.18. The van der Waals surface area contributed by atoms with E-state index in [0.717, 1.165) is 6.26 Å². The number of rotatable bonds is 6. The van der Waals surface area contributed by atoms with Crippen LogP contribution in [0.3, 0.4) is 0 Å². The molecule has 3 N–H and O–H groups in total. The van der Waals surface area contributed by atoms with Crippen LogP contribution in [0.4, 0.5) is 17.1 Å². The van der Waals surface area contributed by atoms with Crippen LogP contribution < -0.4 is 15.4 Å². The number of nitrogens with one attached hydrogen (secondary N) is 3. The Balaban J connectivity index is 1.89. The molecule has 0 spiro atoms. The lowest BCUT2D eigenvalue weighted by Gasteiger charge is -2.10. The lowest BCUT2D eigenvalue weighted by molar-refractivity contribution is -0.114. The van der Waals surface area contributed by atoms with Crippen LogP contribution in [0.5, 0.6) is 0 Å². The summed E-state index contributed by atoms with van der Waals surface area (Å²) in [7, 11) is -3.32. The molecule has 122 valence electrons. The van der Waals surface area contributed by atoms with Gasteiger partial charge in [-0.15, -0.1) is 0 Å². The molecule has 0 saturated carbocycles. The molecule has 23 heavy (non-hydrogen) atoms. The summed E-state index contributed by atoms with van der Waals surface area (Å²) in [6.45, 7) is 0.0626. The number of halogens is 1. The lowest BCUT2D eigenvalue weighted by atomic mass is 10.3. The Bertz CT molecular complexity index is 792. The van der Waals surface area contributed by atoms with Gasteiger partial charge in [-0.2, -0.15) is 0 Å². The van der Waals surface area contributed by atoms with Gasteiger partial charge >= 0.3 is 0 Å². The molecule has 0 unspecified atom stereocenters. The van der Waals surface area contributed by atoms with Crippen molar-refractivity contribution in [3.05, 3.63) is 53.6 Å². The van der Waals surface area contributed by atoms with Gasteiger partial charge in [-0.25, -0.2) is 8.42 Å². The van der Waals surface area contributed by atoms with Gasteiger partial charge in [-0.05, 0) is 36.4 Å². The van der Waals surface area contributed by atoms with E-state index < -0.39 is 10.0 Å². The van der Waals surface area contributed by atoms with E-state index in [1.165, 1.54) is 0 Å². The molecule has 0 fully saturated rings. The highest BCUT2D eigenvalue weighted by atomic mass is 35.5. The van der Waals surface area contributed by atoms with Crippen LogP contribution in [0.2, 0.25) is 5.02 Å². The van der Waals surface area contributed by atoms with Gasteiger partial charge in [0.05, 0.1) is 23.5 Å². The van der Waals surface area contributed by atoms with E-state index in [2.05, 4.69) is 15.4 Å². The first kappa shape index (κ1) is 17.1. The zero-order valence-electron chi connectivity index (χ0n) is 12.3. The summed E-state index contributed by atoms with van der Waals surface area (Å²) in [6.07, 6.45) is 1.07. The average molecular weight is 354 g/mol. The molecule has 8 heteroatoms. The molecule has 0 aromatic heterocycles. The fraction of sp³-hybridized carbons (Fsp3) is 0.133. The van der Waals surface area contributed by atoms with Crippen molar-refractivity contribution in [1.29, 1.82) is 0 Å². The molecule has 0 radical (unpaired) electrons. The Morgan fingerprint density at radius 1 is 1.04 bits per heavy atom. The number of para-hydroxylation sites is 1. The molecule has 0 bridgehead atoms. The maximum atomic E-state index is 11.9. The lowest BCUT2D eigenvalue weighted by Crippen LogP contribution is -2.21. The fourth-order valence-corrected chi connectivity index (χ4v) is 2.59. The molecular formula is C15H16ClN3O3S. The van der Waals surface area contributed by atoms with Crippen LogP contribution in [-0.4, -0.2) is 27.1 Å². The van der Waals surface area contributed by atoms with E-state index in [9.17, 15) is 13.2 Å². The van der Waals surface area contributed by atoms with Crippen LogP contribution in [-0.2, 0) is 14.8 Å². The monoisotopic (exact) mass is 353 g/mol. The normalized spacial score (nSPS) is 10.9. The highest BCUT2D eigenvalue weighted by Crippen LogP contribution is 2.20. The zero-order valence-corrected chi connectivity index (χ0v) is 13.9. The van der Waals surface area contributed by atoms with E-state index in [-0.39, 0.29) is 12.5 Å². The Hall–Kier alpha value is -2.25. The summed E-state index contributed by atoms with van der Waals surface area (Å²) in [5.74, 6) is -0.242. The van der Waals surface area contributed by atoms with Crippen molar-refractivity contribution in [3.63, 3.8) is 0 Å². The molecule has 0 aliphatic carbocycles. The summed E-state index contributed by atoms with van der Waals surface area (Å²) in [5.41, 5.74) is 1.67. The number of carbonyl (C=O) groups excluding carboxylic acids is 1. The van der Waals surface area contributed by atoms with Gasteiger partial charge < -0.3 is 10.6 Å². The Morgan fingerprint density at radius 3 is 2.26 bits per heavy atom. The van der Waals surface area contributed by atoms with Crippen molar-refractivity contribution in [2.75, 3.05) is 28.2 Å². The van der Waals surface area contributed by atoms with Crippen LogP contribution in [0, 0.1) is 0 Å². The van der Waals surface area contributed by atoms with Gasteiger partial charge in [0.25, 0.3) is 0 Å². The molecule has 2 rings (SSSR count). The van der Waals surface area contributed by atoms with Gasteiger partial charge in [0, 0.05) is 11.4 Å². The summed E-state index contributed by atoms with van der Waals surface area (Å²) in [6, 6.07) is 13.5. The SMILES string of the molecule is CS(=O)(=O)Nc1ccc(NC(=O)CNc2ccccc2Cl)cc1. The molecular weight excluding hydrogens is 338 g/mol. The molecule has 0 atom stereocenters. The standard InChI is InChI=1S/C15H16ClN3O3S/c1-23(21,22)19-12-8-6-11(7-9-12)18-15(20)10-17-14-5-3-2-4-13(14)16/h2-9,17,19H,10H2,1H3,(H,18,20). The molecule has 0 aliphatic rings. The smallest absolute Gasteiger partial charge is 0.243 e. The first-order chi connectivity index (χ1) is 10.8. The number of amides is 1. The second-order valence-corrected chi connectivity index (χ2v) is 6.99. The van der Waals surface area contributed by atoms with Crippen molar-refractivity contribution in [1.82, 2.24) is 0 Å². The number of carbonyl (C=O) groups is 1. The molecule has 1 amide bonds. The second kappa shape index (κ2) is 7.34. The minimum atomic E-state index is -3.32. The second-order valence-electron chi connectivity index (χ2n) is 4.83. The van der Waals surface area contributed by atoms with Gasteiger partial charge in [-0.3, -0.25) is 9.52 Å². The summed E-state index contributed by atoms with van der Waals surface area (Å²) >= 11 is 5.99. The van der Waals surface area contributed by atoms with Crippen LogP contribution in [0.25, 0.3) is 0 Å². The summed E-state index contributed by atoms with van der Waals surface area (Å²) < 4.78 is 24.6. The topological polar surface area (TPSA) is 87.3 Å². The maximum absolute atomic E-state index is 11.9. The molecule has 0 aliphatic heterocycles. The number of hydrogen-bond acceptors (Lipinski definition) is 4. The van der Waals surface area contributed by atoms with E-state index in [4.69, 9.17) is 11.6 Å². The molecule has 2 aromatic rings. The molecule has 2 aromatic carbocycles. The van der Waals surface area contributed by atoms with Crippen LogP contribution in [0.1, 0.15) is 0 Å². The van der Waals surface area contributed by atoms with Crippen molar-refractivity contribution < 1.29 is 13.2 Å². The molecule has 6 nitrogen and oxygen atoms in total. The first-order valence-electron chi connectivity index (χ1n) is 6.69. The minimum Gasteiger partial charge on any atom is -0.375 e. The Labute approximate surface area is 139 Å². The molecule has 0 heterocycles. The van der Waals surface area contributed by atoms with Crippen LogP contribution >= 0.6 is 11.6 Å². The third-order valence-corrected chi connectivity index (χ3v) is 3.72. The Kier molecular flexibility index (Phi) is 5.46. The van der Waals surface area contributed by atoms with Gasteiger partial charge in [0.15, 0.2) is 0 Å². The zero-order chi connectivity index (χ0) is 16.9. The molecule has 0 saturated heterocycles. The predicted octanol–water partition coefficient (Wildman–Crippen LogP) is 2.76. The summed E-state index contributed by atoms with van der Waals surface area (Å²) in [4.78, 5) is 11.9. The van der Waals surface area contributed by atoms with E-state index in [1.54, 1.807) is 42.5 Å². The van der Waals surface area contributed by atoms with Crippen LogP contribution in [0.15, 0.2) is 48.5 Å². The average Bonchev–Trinajstić information content (AvgIpc) is 2.47. The quantitative estimate of drug-likeness (QED) is 0.745. The van der Waals surface area contributed by atoms with Crippen molar-refractivity contribution in [3.8, 4) is 0 Å². The van der Waals surface area contributed by atoms with Crippen molar-refractivity contribution in [2.24, 2.45) is 0 Å². The third-order valence-electron chi connectivity index (χ3n) is 2.79. The first-order valence-corrected chi connectivity index (χ1v) is 8.96. The number of sulfonamides is 1. The van der Waals surface area contributed by atoms with Crippen molar-refractivity contribution in [2.45, 2.75) is 0 Å². The third kappa shape index (κ3) is 5.80. The van der Waals surface area contributed by atoms with E-state index in [0.29, 0.717) is 22.1 Å². The van der Waals surface area contributed by atoms with Gasteiger partial charge in [0.1, 0.15) is 0 Å².